The zero-order valence-electron chi connectivity index (χ0n) is 11.3. The molecule has 0 radical (unpaired) electrons. The first-order valence-electron chi connectivity index (χ1n) is 6.96. The van der Waals surface area contributed by atoms with Gasteiger partial charge in [0.2, 0.25) is 0 Å². The highest BCUT2D eigenvalue weighted by atomic mass is 32.1. The average Bonchev–Trinajstić information content (AvgIpc) is 2.91. The maximum Gasteiger partial charge on any atom is 0.123 e. The molecule has 20 heavy (non-hydrogen) atoms. The van der Waals surface area contributed by atoms with Crippen molar-refractivity contribution in [3.8, 4) is 0 Å². The van der Waals surface area contributed by atoms with E-state index >= 15 is 0 Å². The summed E-state index contributed by atoms with van der Waals surface area (Å²) in [5.74, 6) is 0.339. The van der Waals surface area contributed by atoms with E-state index in [0.717, 1.165) is 31.6 Å². The number of rotatable bonds is 3. The van der Waals surface area contributed by atoms with Gasteiger partial charge in [-0.3, -0.25) is 4.90 Å². The van der Waals surface area contributed by atoms with Crippen LogP contribution in [-0.2, 0) is 6.54 Å². The van der Waals surface area contributed by atoms with E-state index in [1.807, 2.05) is 6.07 Å². The van der Waals surface area contributed by atoms with Crippen molar-refractivity contribution in [2.24, 2.45) is 5.73 Å². The fourth-order valence-corrected chi connectivity index (χ4v) is 3.82. The van der Waals surface area contributed by atoms with Crippen LogP contribution in [0.15, 0.2) is 41.8 Å². The molecule has 2 nitrogen and oxygen atoms in total. The van der Waals surface area contributed by atoms with Gasteiger partial charge < -0.3 is 5.73 Å². The summed E-state index contributed by atoms with van der Waals surface area (Å²) in [5.41, 5.74) is 7.21. The topological polar surface area (TPSA) is 29.3 Å². The van der Waals surface area contributed by atoms with Crippen LogP contribution in [0.1, 0.15) is 22.8 Å². The van der Waals surface area contributed by atoms with Crippen molar-refractivity contribution in [2.75, 3.05) is 13.1 Å². The minimum atomic E-state index is -0.168. The molecule has 3 rings (SSSR count). The Kier molecular flexibility index (Phi) is 4.15. The number of benzene rings is 1. The molecule has 0 aliphatic carbocycles. The van der Waals surface area contributed by atoms with Gasteiger partial charge in [-0.1, -0.05) is 18.2 Å². The quantitative estimate of drug-likeness (QED) is 0.940. The molecule has 0 bridgehead atoms. The molecule has 2 heterocycles. The Hall–Kier alpha value is -1.23. The molecule has 1 aliphatic rings. The molecule has 2 unspecified atom stereocenters. The Labute approximate surface area is 123 Å². The van der Waals surface area contributed by atoms with Gasteiger partial charge >= 0.3 is 0 Å². The number of nitrogens with two attached hydrogens (primary N) is 1. The van der Waals surface area contributed by atoms with Gasteiger partial charge in [-0.2, -0.15) is 0 Å². The minimum Gasteiger partial charge on any atom is -0.327 e. The highest BCUT2D eigenvalue weighted by Gasteiger charge is 2.26. The highest BCUT2D eigenvalue weighted by Crippen LogP contribution is 2.30. The molecule has 0 spiro atoms. The van der Waals surface area contributed by atoms with Crippen LogP contribution in [0.3, 0.4) is 0 Å². The molecule has 1 fully saturated rings. The van der Waals surface area contributed by atoms with Gasteiger partial charge in [0.05, 0.1) is 0 Å². The Balaban J connectivity index is 1.70. The number of nitrogens with zero attached hydrogens (tertiary/aromatic N) is 1. The fourth-order valence-electron chi connectivity index (χ4n) is 2.98. The molecule has 0 saturated carbocycles. The Morgan fingerprint density at radius 1 is 1.25 bits per heavy atom. The third-order valence-electron chi connectivity index (χ3n) is 3.80. The molecular formula is C16H19FN2S. The molecule has 2 aromatic rings. The van der Waals surface area contributed by atoms with Crippen molar-refractivity contribution < 1.29 is 4.39 Å². The van der Waals surface area contributed by atoms with Crippen molar-refractivity contribution >= 4 is 11.3 Å². The average molecular weight is 290 g/mol. The van der Waals surface area contributed by atoms with E-state index < -0.39 is 0 Å². The maximum atomic E-state index is 13.3. The first kappa shape index (κ1) is 13.7. The Morgan fingerprint density at radius 3 is 2.90 bits per heavy atom. The van der Waals surface area contributed by atoms with Gasteiger partial charge in [0.1, 0.15) is 5.82 Å². The number of halogens is 1. The molecule has 1 aromatic heterocycles. The molecular weight excluding hydrogens is 271 g/mol. The first-order valence-corrected chi connectivity index (χ1v) is 7.84. The van der Waals surface area contributed by atoms with Crippen LogP contribution < -0.4 is 5.73 Å². The SMILES string of the molecule is NC1CC(c2cccs2)CN(Cc2cccc(F)c2)C1. The van der Waals surface area contributed by atoms with E-state index in [1.165, 1.54) is 10.9 Å². The lowest BCUT2D eigenvalue weighted by Crippen LogP contribution is -2.45. The summed E-state index contributed by atoms with van der Waals surface area (Å²) in [6, 6.07) is 11.3. The van der Waals surface area contributed by atoms with E-state index in [1.54, 1.807) is 23.5 Å². The van der Waals surface area contributed by atoms with Crippen molar-refractivity contribution in [3.05, 3.63) is 58.0 Å². The first-order chi connectivity index (χ1) is 9.70. The lowest BCUT2D eigenvalue weighted by Gasteiger charge is -2.36. The van der Waals surface area contributed by atoms with Crippen LogP contribution in [0.25, 0.3) is 0 Å². The monoisotopic (exact) mass is 290 g/mol. The van der Waals surface area contributed by atoms with Crippen LogP contribution in [0.2, 0.25) is 0 Å². The highest BCUT2D eigenvalue weighted by molar-refractivity contribution is 7.10. The van der Waals surface area contributed by atoms with Crippen LogP contribution >= 0.6 is 11.3 Å². The second-order valence-corrected chi connectivity index (χ2v) is 6.51. The number of hydrogen-bond acceptors (Lipinski definition) is 3. The third-order valence-corrected chi connectivity index (χ3v) is 4.83. The zero-order chi connectivity index (χ0) is 13.9. The van der Waals surface area contributed by atoms with Crippen LogP contribution in [0.4, 0.5) is 4.39 Å². The fraction of sp³-hybridized carbons (Fsp3) is 0.375. The largest absolute Gasteiger partial charge is 0.327 e. The van der Waals surface area contributed by atoms with E-state index in [2.05, 4.69) is 22.4 Å². The maximum absolute atomic E-state index is 13.3. The molecule has 2 atom stereocenters. The second kappa shape index (κ2) is 6.04. The molecule has 4 heteroatoms. The standard InChI is InChI=1S/C16H19FN2S/c17-14-4-1-3-12(7-14)9-19-10-13(8-15(18)11-19)16-5-2-6-20-16/h1-7,13,15H,8-11,18H2. The molecule has 106 valence electrons. The molecule has 1 saturated heterocycles. The number of hydrogen-bond donors (Lipinski definition) is 1. The van der Waals surface area contributed by atoms with Gasteiger partial charge in [0.15, 0.2) is 0 Å². The van der Waals surface area contributed by atoms with Gasteiger partial charge in [-0.05, 0) is 35.6 Å². The van der Waals surface area contributed by atoms with Gasteiger partial charge in [-0.15, -0.1) is 11.3 Å². The number of likely N-dealkylation sites (tertiary alicyclic amines) is 1. The molecule has 2 N–H and O–H groups in total. The third kappa shape index (κ3) is 3.26. The summed E-state index contributed by atoms with van der Waals surface area (Å²) >= 11 is 1.80. The number of piperidine rings is 1. The van der Waals surface area contributed by atoms with E-state index in [9.17, 15) is 4.39 Å². The molecule has 1 aromatic carbocycles. The van der Waals surface area contributed by atoms with E-state index in [4.69, 9.17) is 5.73 Å². The van der Waals surface area contributed by atoms with E-state index in [0.29, 0.717) is 5.92 Å². The van der Waals surface area contributed by atoms with Crippen LogP contribution in [0, 0.1) is 5.82 Å². The lowest BCUT2D eigenvalue weighted by molar-refractivity contribution is 0.182. The second-order valence-electron chi connectivity index (χ2n) is 5.53. The normalized spacial score (nSPS) is 23.9. The summed E-state index contributed by atoms with van der Waals surface area (Å²) in [6.45, 7) is 2.66. The predicted octanol–water partition coefficient (Wildman–Crippen LogP) is 3.20. The van der Waals surface area contributed by atoms with Crippen molar-refractivity contribution in [2.45, 2.75) is 24.9 Å². The Morgan fingerprint density at radius 2 is 2.15 bits per heavy atom. The summed E-state index contributed by atoms with van der Waals surface area (Å²) in [6.07, 6.45) is 1.04. The van der Waals surface area contributed by atoms with Gasteiger partial charge in [-0.25, -0.2) is 4.39 Å². The molecule has 0 amide bonds. The Bertz CT molecular complexity index is 555. The van der Waals surface area contributed by atoms with Crippen molar-refractivity contribution in [1.29, 1.82) is 0 Å². The van der Waals surface area contributed by atoms with E-state index in [-0.39, 0.29) is 11.9 Å². The zero-order valence-corrected chi connectivity index (χ0v) is 12.2. The lowest BCUT2D eigenvalue weighted by atomic mass is 9.93. The van der Waals surface area contributed by atoms with Crippen LogP contribution in [0.5, 0.6) is 0 Å². The minimum absolute atomic E-state index is 0.168. The number of thiophene rings is 1. The van der Waals surface area contributed by atoms with Crippen LogP contribution in [-0.4, -0.2) is 24.0 Å². The smallest absolute Gasteiger partial charge is 0.123 e. The summed E-state index contributed by atoms with van der Waals surface area (Å²) in [7, 11) is 0. The summed E-state index contributed by atoms with van der Waals surface area (Å²) in [5, 5.41) is 2.12. The van der Waals surface area contributed by atoms with Crippen molar-refractivity contribution in [3.63, 3.8) is 0 Å². The summed E-state index contributed by atoms with van der Waals surface area (Å²) < 4.78 is 13.3. The van der Waals surface area contributed by atoms with Gasteiger partial charge in [0.25, 0.3) is 0 Å². The molecule has 1 aliphatic heterocycles. The summed E-state index contributed by atoms with van der Waals surface area (Å²) in [4.78, 5) is 3.75. The van der Waals surface area contributed by atoms with Crippen molar-refractivity contribution in [1.82, 2.24) is 4.90 Å². The van der Waals surface area contributed by atoms with Gasteiger partial charge in [0, 0.05) is 36.5 Å². The predicted molar refractivity (Wildman–Crippen MR) is 81.3 cm³/mol.